The number of Topliss-reactive ketones (excluding diaryl/α,β-unsaturated/α-hetero) is 2. The number of esters is 1. The van der Waals surface area contributed by atoms with Crippen molar-refractivity contribution in [2.24, 2.45) is 33.3 Å². The summed E-state index contributed by atoms with van der Waals surface area (Å²) in [6.45, 7) is 3.12. The molecular formula is C41H34Cl2F4Li2N6O7S2. The van der Waals surface area contributed by atoms with Crippen molar-refractivity contribution < 1.29 is 89.8 Å². The molecule has 6 atom stereocenters. The van der Waals surface area contributed by atoms with E-state index in [-0.39, 0.29) is 112 Å². The Morgan fingerprint density at radius 3 is 1.50 bits per heavy atom. The Kier molecular flexibility index (Phi) is 16.1. The van der Waals surface area contributed by atoms with Crippen LogP contribution in [0.1, 0.15) is 69.9 Å². The van der Waals surface area contributed by atoms with Crippen LogP contribution >= 0.6 is 46.7 Å². The van der Waals surface area contributed by atoms with E-state index in [1.807, 2.05) is 0 Å². The number of fused-ring (bicyclic) bond motifs is 2. The Morgan fingerprint density at radius 1 is 0.734 bits per heavy atom. The number of ketones is 2. The summed E-state index contributed by atoms with van der Waals surface area (Å²) in [5.41, 5.74) is 9.63. The molecule has 2 fully saturated rings. The third kappa shape index (κ3) is 9.66. The van der Waals surface area contributed by atoms with Crippen molar-refractivity contribution in [2.75, 3.05) is 7.11 Å². The van der Waals surface area contributed by atoms with Crippen molar-refractivity contribution in [3.8, 4) is 0 Å². The van der Waals surface area contributed by atoms with Crippen LogP contribution in [0.5, 0.6) is 0 Å². The van der Waals surface area contributed by atoms with Crippen LogP contribution in [0.15, 0.2) is 70.9 Å². The molecular weight excluding hydrogens is 913 g/mol. The number of rotatable bonds is 10. The maximum atomic E-state index is 14.9. The van der Waals surface area contributed by atoms with Gasteiger partial charge in [0.15, 0.2) is 45.2 Å². The van der Waals surface area contributed by atoms with E-state index in [2.05, 4.69) is 20.0 Å². The van der Waals surface area contributed by atoms with E-state index in [1.54, 1.807) is 6.92 Å². The number of methoxy groups -OCH3 is 1. The molecule has 4 aromatic rings. The summed E-state index contributed by atoms with van der Waals surface area (Å²) in [5.74, 6) is -8.14. The Labute approximate surface area is 406 Å². The van der Waals surface area contributed by atoms with Gasteiger partial charge in [-0.3, -0.25) is 34.3 Å². The van der Waals surface area contributed by atoms with Gasteiger partial charge in [-0.15, -0.1) is 0 Å². The van der Waals surface area contributed by atoms with Crippen molar-refractivity contribution in [2.45, 2.75) is 60.1 Å². The van der Waals surface area contributed by atoms with Crippen LogP contribution in [0.4, 0.5) is 17.6 Å². The van der Waals surface area contributed by atoms with Gasteiger partial charge in [0.2, 0.25) is 0 Å². The van der Waals surface area contributed by atoms with E-state index in [4.69, 9.17) is 39.4 Å². The molecule has 4 aliphatic rings. The van der Waals surface area contributed by atoms with Gasteiger partial charge < -0.3 is 31.6 Å². The summed E-state index contributed by atoms with van der Waals surface area (Å²) in [6, 6.07) is 10.6. The van der Waals surface area contributed by atoms with Gasteiger partial charge in [-0.05, 0) is 86.3 Å². The minimum atomic E-state index is -1.40. The van der Waals surface area contributed by atoms with Crippen molar-refractivity contribution in [1.29, 1.82) is 0 Å². The Balaban J connectivity index is 0.000000268. The number of nitrogens with zero attached hydrogens (tertiary/aromatic N) is 4. The van der Waals surface area contributed by atoms with Crippen LogP contribution in [0.3, 0.4) is 0 Å². The normalized spacial score (nSPS) is 25.6. The van der Waals surface area contributed by atoms with Gasteiger partial charge in [-0.2, -0.15) is 0 Å². The van der Waals surface area contributed by atoms with E-state index in [0.29, 0.717) is 16.5 Å². The van der Waals surface area contributed by atoms with Crippen molar-refractivity contribution >= 4 is 80.6 Å². The zero-order valence-electron chi connectivity index (χ0n) is 34.7. The zero-order valence-corrected chi connectivity index (χ0v) is 37.8. The fourth-order valence-corrected chi connectivity index (χ4v) is 11.1. The number of thioether (sulfide) groups is 2. The fourth-order valence-electron chi connectivity index (χ4n) is 8.12. The predicted molar refractivity (Wildman–Crippen MR) is 221 cm³/mol. The first-order valence-corrected chi connectivity index (χ1v) is 20.7. The van der Waals surface area contributed by atoms with Crippen LogP contribution in [-0.4, -0.2) is 65.9 Å². The summed E-state index contributed by atoms with van der Waals surface area (Å²) in [4.78, 5) is 65.6. The average molecular weight is 948 g/mol. The largest absolute Gasteiger partial charge is 1.00 e. The van der Waals surface area contributed by atoms with Crippen molar-refractivity contribution in [3.63, 3.8) is 0 Å². The molecule has 326 valence electrons. The molecule has 2 aliphatic carbocycles. The number of aromatic nitrogens is 2. The van der Waals surface area contributed by atoms with Gasteiger partial charge in [0, 0.05) is 48.2 Å². The Hall–Kier alpha value is -3.89. The van der Waals surface area contributed by atoms with Crippen molar-refractivity contribution in [1.82, 2.24) is 9.97 Å². The number of ether oxygens (including phenoxy) is 1. The molecule has 0 radical (unpaired) electrons. The van der Waals surface area contributed by atoms with Gasteiger partial charge >= 0.3 is 43.7 Å². The first-order chi connectivity index (χ1) is 28.7. The summed E-state index contributed by atoms with van der Waals surface area (Å²) >= 11 is 13.5. The first-order valence-electron chi connectivity index (χ1n) is 18.3. The molecule has 13 nitrogen and oxygen atoms in total. The number of carboxylic acids is 1. The Morgan fingerprint density at radius 2 is 1.12 bits per heavy atom. The third-order valence-electron chi connectivity index (χ3n) is 11.3. The first kappa shape index (κ1) is 52.7. The number of carbonyl (C=O) groups is 4. The maximum absolute atomic E-state index is 14.9. The van der Waals surface area contributed by atoms with Gasteiger partial charge in [0.25, 0.3) is 0 Å². The summed E-state index contributed by atoms with van der Waals surface area (Å²) < 4.78 is 61.3. The molecule has 23 heteroatoms. The molecule has 0 bridgehead atoms. The van der Waals surface area contributed by atoms with Gasteiger partial charge in [0.05, 0.1) is 38.9 Å². The van der Waals surface area contributed by atoms with Gasteiger partial charge in [0.1, 0.15) is 16.1 Å². The number of carbonyl (C=O) groups excluding carboxylic acids is 4. The summed E-state index contributed by atoms with van der Waals surface area (Å²) in [5, 5.41) is 12.4. The summed E-state index contributed by atoms with van der Waals surface area (Å²) in [7, 11) is 1.27. The molecule has 0 spiro atoms. The standard InChI is InChI=1S/C21H18ClF2N3O3S.C20H16ClF2N3O3S.2Li.H2O/c1-20(16-8-21(16,18(29)30-2)31-19(25)27-20)12-5-10(6-13(23)17(12)24)7-15(28)14-4-3-11(22)9-26-14;1-19(15-7-20(15,17(28)29)30-18(24)26-19)11-4-9(5-12(22)16(11)23)6-14(27)13-3-2-10(21)8-25-13;;;/h3-6,9,16H,7-8H2,1-2H3,(H2,25,27);2-5,8,15H,6-7H2,1H3,(H2,24,26)(H,28,29);;;1H2/q;;2*+1;/p-2/t16-,20+,21-;15-,19+,20-;;;/m00.../s1. The number of nitrogens with two attached hydrogens (primary N) is 2. The number of aliphatic imine (C=N–C) groups is 2. The minimum absolute atomic E-state index is 0. The van der Waals surface area contributed by atoms with Gasteiger partial charge in [-0.1, -0.05) is 46.7 Å². The minimum Gasteiger partial charge on any atom is -0.870 e. The molecule has 4 heterocycles. The quantitative estimate of drug-likeness (QED) is 0.0902. The van der Waals surface area contributed by atoms with E-state index >= 15 is 0 Å². The molecule has 0 unspecified atom stereocenters. The molecule has 2 aromatic heterocycles. The number of benzene rings is 2. The van der Waals surface area contributed by atoms with E-state index < -0.39 is 73.4 Å². The molecule has 0 amide bonds. The second kappa shape index (κ2) is 19.5. The SMILES string of the molecule is COC(=O)[C@]12C[C@H]1[C@@](C)(c1cc(CC(=O)c3ccc(Cl)cn3)cc(F)c1F)N=C(N)S2.C[C@]1(c2cc(CC(=O)c3ccc(Cl)cn3)cc(F)c2F)N=C(N)S[C@@]2(C(=O)[O-])C[C@H]21.[Li+].[Li+].[OH-]. The third-order valence-corrected chi connectivity index (χ3v) is 14.3. The number of hydrogen-bond acceptors (Lipinski definition) is 15. The number of carboxylic acid groups (broad SMARTS) is 1. The molecule has 0 saturated heterocycles. The summed E-state index contributed by atoms with van der Waals surface area (Å²) in [6.07, 6.45) is 2.75. The van der Waals surface area contributed by atoms with Crippen LogP contribution in [0, 0.1) is 35.1 Å². The number of halogens is 6. The van der Waals surface area contributed by atoms with Crippen LogP contribution in [0.25, 0.3) is 0 Å². The molecule has 2 aliphatic heterocycles. The zero-order chi connectivity index (χ0) is 44.4. The predicted octanol–water partition coefficient (Wildman–Crippen LogP) is -0.298. The smallest absolute Gasteiger partial charge is 0.870 e. The van der Waals surface area contributed by atoms with Crippen LogP contribution in [-0.2, 0) is 38.2 Å². The number of amidine groups is 2. The number of hydrogen-bond donors (Lipinski definition) is 2. The molecule has 5 N–H and O–H groups in total. The van der Waals surface area contributed by atoms with Crippen LogP contribution in [0.2, 0.25) is 10.0 Å². The Bertz CT molecular complexity index is 2610. The van der Waals surface area contributed by atoms with Crippen LogP contribution < -0.4 is 54.3 Å². The monoisotopic (exact) mass is 946 g/mol. The van der Waals surface area contributed by atoms with E-state index in [1.165, 1.54) is 62.8 Å². The second-order valence-electron chi connectivity index (χ2n) is 15.3. The molecule has 2 aromatic carbocycles. The fraction of sp³-hybridized carbons (Fsp3) is 0.317. The molecule has 64 heavy (non-hydrogen) atoms. The number of aliphatic carboxylic acids is 1. The van der Waals surface area contributed by atoms with E-state index in [9.17, 15) is 41.8 Å². The maximum Gasteiger partial charge on any atom is 1.00 e. The topological polar surface area (TPSA) is 233 Å². The molecule has 2 saturated carbocycles. The van der Waals surface area contributed by atoms with Gasteiger partial charge in [-0.25, -0.2) is 17.6 Å². The molecule has 8 rings (SSSR count). The number of pyridine rings is 2. The van der Waals surface area contributed by atoms with Crippen molar-refractivity contribution in [3.05, 3.63) is 128 Å². The van der Waals surface area contributed by atoms with E-state index in [0.717, 1.165) is 35.7 Å². The second-order valence-corrected chi connectivity index (χ2v) is 18.8. The average Bonchev–Trinajstić information content (AvgIpc) is 4.13.